The number of carbonyl (C=O) groups is 1. The number of nitrogens with zero attached hydrogens (tertiary/aromatic N) is 1. The fourth-order valence-corrected chi connectivity index (χ4v) is 2.67. The van der Waals surface area contributed by atoms with Crippen LogP contribution in [0.4, 0.5) is 0 Å². The predicted octanol–water partition coefficient (Wildman–Crippen LogP) is 1.77. The van der Waals surface area contributed by atoms with Crippen LogP contribution < -0.4 is 5.32 Å². The minimum Gasteiger partial charge on any atom is -0.389 e. The molecule has 1 unspecified atom stereocenters. The van der Waals surface area contributed by atoms with E-state index >= 15 is 0 Å². The predicted molar refractivity (Wildman–Crippen MR) is 78.0 cm³/mol. The second-order valence-electron chi connectivity index (χ2n) is 6.87. The molecule has 1 saturated carbocycles. The van der Waals surface area contributed by atoms with Crippen LogP contribution in [0.5, 0.6) is 0 Å². The summed E-state index contributed by atoms with van der Waals surface area (Å²) in [6.07, 6.45) is 4.60. The molecule has 0 saturated heterocycles. The van der Waals surface area contributed by atoms with Gasteiger partial charge in [0.05, 0.1) is 11.6 Å². The largest absolute Gasteiger partial charge is 0.389 e. The Labute approximate surface area is 117 Å². The van der Waals surface area contributed by atoms with Crippen LogP contribution in [-0.4, -0.2) is 47.2 Å². The molecule has 19 heavy (non-hydrogen) atoms. The zero-order valence-electron chi connectivity index (χ0n) is 13.1. The molecule has 1 aliphatic carbocycles. The summed E-state index contributed by atoms with van der Waals surface area (Å²) in [4.78, 5) is 14.1. The highest BCUT2D eigenvalue weighted by molar-refractivity contribution is 5.81. The van der Waals surface area contributed by atoms with Crippen molar-refractivity contribution in [2.24, 2.45) is 5.92 Å². The van der Waals surface area contributed by atoms with Gasteiger partial charge >= 0.3 is 0 Å². The van der Waals surface area contributed by atoms with Gasteiger partial charge in [-0.25, -0.2) is 0 Å². The Morgan fingerprint density at radius 1 is 1.37 bits per heavy atom. The topological polar surface area (TPSA) is 52.6 Å². The van der Waals surface area contributed by atoms with Gasteiger partial charge in [0.1, 0.15) is 0 Å². The normalized spacial score (nSPS) is 26.3. The van der Waals surface area contributed by atoms with Gasteiger partial charge < -0.3 is 10.4 Å². The Kier molecular flexibility index (Phi) is 5.81. The molecule has 112 valence electrons. The van der Waals surface area contributed by atoms with E-state index in [-0.39, 0.29) is 11.9 Å². The molecule has 1 fully saturated rings. The van der Waals surface area contributed by atoms with E-state index in [1.165, 1.54) is 12.8 Å². The fourth-order valence-electron chi connectivity index (χ4n) is 2.67. The molecule has 0 spiro atoms. The Morgan fingerprint density at radius 2 is 1.89 bits per heavy atom. The van der Waals surface area contributed by atoms with E-state index in [0.717, 1.165) is 18.8 Å². The van der Waals surface area contributed by atoms with Crippen molar-refractivity contribution in [2.45, 2.75) is 71.1 Å². The molecule has 0 radical (unpaired) electrons. The smallest absolute Gasteiger partial charge is 0.237 e. The first kappa shape index (κ1) is 16.4. The highest BCUT2D eigenvalue weighted by Gasteiger charge is 2.26. The number of hydrogen-bond acceptors (Lipinski definition) is 3. The minimum absolute atomic E-state index is 0.0753. The van der Waals surface area contributed by atoms with Crippen LogP contribution in [0.25, 0.3) is 0 Å². The number of hydrogen-bond donors (Lipinski definition) is 2. The van der Waals surface area contributed by atoms with Crippen LogP contribution in [-0.2, 0) is 4.79 Å². The second-order valence-corrected chi connectivity index (χ2v) is 6.87. The van der Waals surface area contributed by atoms with Gasteiger partial charge in [-0.2, -0.15) is 0 Å². The summed E-state index contributed by atoms with van der Waals surface area (Å²) < 4.78 is 0. The lowest BCUT2D eigenvalue weighted by atomic mass is 9.87. The van der Waals surface area contributed by atoms with E-state index in [1.54, 1.807) is 13.8 Å². The Morgan fingerprint density at radius 3 is 2.37 bits per heavy atom. The first-order valence-electron chi connectivity index (χ1n) is 7.42. The SMILES string of the molecule is CC1CCC(NC(=O)C(C)N(C)CC(C)(C)O)CC1. The third-order valence-electron chi connectivity index (χ3n) is 4.04. The molecule has 0 aromatic rings. The minimum atomic E-state index is -0.774. The van der Waals surface area contributed by atoms with E-state index in [2.05, 4.69) is 12.2 Å². The first-order chi connectivity index (χ1) is 8.69. The molecule has 1 atom stereocenters. The molecule has 0 bridgehead atoms. The van der Waals surface area contributed by atoms with Crippen LogP contribution in [0.1, 0.15) is 53.4 Å². The Hall–Kier alpha value is -0.610. The van der Waals surface area contributed by atoms with Crippen LogP contribution in [0.15, 0.2) is 0 Å². The Bertz CT molecular complexity index is 291. The van der Waals surface area contributed by atoms with E-state index in [1.807, 2.05) is 18.9 Å². The molecular formula is C15H30N2O2. The first-order valence-corrected chi connectivity index (χ1v) is 7.42. The van der Waals surface area contributed by atoms with Crippen molar-refractivity contribution in [1.82, 2.24) is 10.2 Å². The number of rotatable bonds is 5. The van der Waals surface area contributed by atoms with Crippen molar-refractivity contribution in [1.29, 1.82) is 0 Å². The summed E-state index contributed by atoms with van der Waals surface area (Å²) in [6.45, 7) is 8.18. The zero-order chi connectivity index (χ0) is 14.6. The zero-order valence-corrected chi connectivity index (χ0v) is 13.1. The van der Waals surface area contributed by atoms with Gasteiger partial charge in [0.2, 0.25) is 5.91 Å². The standard InChI is InChI=1S/C15H30N2O2/c1-11-6-8-13(9-7-11)16-14(18)12(2)17(5)10-15(3,4)19/h11-13,19H,6-10H2,1-5H3,(H,16,18). The average Bonchev–Trinajstić information content (AvgIpc) is 2.28. The molecule has 1 rings (SSSR count). The molecule has 0 aromatic heterocycles. The molecule has 1 amide bonds. The molecular weight excluding hydrogens is 240 g/mol. The van der Waals surface area contributed by atoms with Crippen LogP contribution in [0.2, 0.25) is 0 Å². The molecule has 0 aliphatic heterocycles. The lowest BCUT2D eigenvalue weighted by molar-refractivity contribution is -0.127. The summed E-state index contributed by atoms with van der Waals surface area (Å²) >= 11 is 0. The van der Waals surface area contributed by atoms with Crippen LogP contribution in [0.3, 0.4) is 0 Å². The van der Waals surface area contributed by atoms with Crippen molar-refractivity contribution in [3.05, 3.63) is 0 Å². The maximum absolute atomic E-state index is 12.2. The quantitative estimate of drug-likeness (QED) is 0.800. The van der Waals surface area contributed by atoms with Crippen molar-refractivity contribution < 1.29 is 9.90 Å². The number of amides is 1. The number of aliphatic hydroxyl groups is 1. The van der Waals surface area contributed by atoms with Gasteiger partial charge in [0.25, 0.3) is 0 Å². The summed E-state index contributed by atoms with van der Waals surface area (Å²) in [5.41, 5.74) is -0.774. The summed E-state index contributed by atoms with van der Waals surface area (Å²) in [7, 11) is 1.88. The molecule has 1 aliphatic rings. The average molecular weight is 270 g/mol. The number of nitrogens with one attached hydrogen (secondary N) is 1. The highest BCUT2D eigenvalue weighted by atomic mass is 16.3. The fraction of sp³-hybridized carbons (Fsp3) is 0.933. The molecule has 4 heteroatoms. The molecule has 0 aromatic carbocycles. The van der Waals surface area contributed by atoms with E-state index in [4.69, 9.17) is 0 Å². The lowest BCUT2D eigenvalue weighted by Crippen LogP contribution is -2.50. The van der Waals surface area contributed by atoms with Crippen LogP contribution >= 0.6 is 0 Å². The summed E-state index contributed by atoms with van der Waals surface area (Å²) in [5, 5.41) is 12.9. The van der Waals surface area contributed by atoms with Crippen LogP contribution in [0, 0.1) is 5.92 Å². The van der Waals surface area contributed by atoms with Gasteiger partial charge in [-0.15, -0.1) is 0 Å². The van der Waals surface area contributed by atoms with E-state index < -0.39 is 5.60 Å². The van der Waals surface area contributed by atoms with Gasteiger partial charge in [0, 0.05) is 12.6 Å². The van der Waals surface area contributed by atoms with Crippen molar-refractivity contribution in [2.75, 3.05) is 13.6 Å². The maximum atomic E-state index is 12.2. The third kappa shape index (κ3) is 5.91. The highest BCUT2D eigenvalue weighted by Crippen LogP contribution is 2.23. The molecule has 0 heterocycles. The number of carbonyl (C=O) groups excluding carboxylic acids is 1. The van der Waals surface area contributed by atoms with Crippen molar-refractivity contribution in [3.63, 3.8) is 0 Å². The van der Waals surface area contributed by atoms with Gasteiger partial charge in [-0.05, 0) is 59.4 Å². The Balaban J connectivity index is 2.40. The van der Waals surface area contributed by atoms with Gasteiger partial charge in [0.15, 0.2) is 0 Å². The maximum Gasteiger partial charge on any atom is 0.237 e. The van der Waals surface area contributed by atoms with Crippen molar-refractivity contribution >= 4 is 5.91 Å². The van der Waals surface area contributed by atoms with Crippen molar-refractivity contribution in [3.8, 4) is 0 Å². The van der Waals surface area contributed by atoms with E-state index in [0.29, 0.717) is 12.6 Å². The second kappa shape index (κ2) is 6.71. The van der Waals surface area contributed by atoms with E-state index in [9.17, 15) is 9.90 Å². The van der Waals surface area contributed by atoms with Gasteiger partial charge in [-0.3, -0.25) is 9.69 Å². The summed E-state index contributed by atoms with van der Waals surface area (Å²) in [5.74, 6) is 0.870. The molecule has 2 N–H and O–H groups in total. The number of likely N-dealkylation sites (N-methyl/N-ethyl adjacent to an activating group) is 1. The van der Waals surface area contributed by atoms with Gasteiger partial charge in [-0.1, -0.05) is 6.92 Å². The monoisotopic (exact) mass is 270 g/mol. The third-order valence-corrected chi connectivity index (χ3v) is 4.04. The summed E-state index contributed by atoms with van der Waals surface area (Å²) in [6, 6.07) is 0.132. The molecule has 4 nitrogen and oxygen atoms in total. The lowest BCUT2D eigenvalue weighted by Gasteiger charge is -2.32.